The van der Waals surface area contributed by atoms with Crippen LogP contribution in [-0.2, 0) is 4.74 Å². The van der Waals surface area contributed by atoms with Gasteiger partial charge in [0.25, 0.3) is 0 Å². The number of aryl methyl sites for hydroxylation is 1. The first-order valence-corrected chi connectivity index (χ1v) is 6.92. The standard InChI is InChI=1S/C15H22N2O4/c1-11-6-7-12(14(18)19)10-13(11)17-15(20)16-8-4-3-5-9-21-2/h6-7,10H,3-5,8-9H2,1-2H3,(H,18,19)(H2,16,17,20). The Labute approximate surface area is 124 Å². The molecule has 0 radical (unpaired) electrons. The third kappa shape index (κ3) is 6.27. The SMILES string of the molecule is COCCCCCNC(=O)Nc1cc(C(=O)O)ccc1C. The zero-order valence-electron chi connectivity index (χ0n) is 12.4. The fraction of sp³-hybridized carbons (Fsp3) is 0.467. The number of aromatic carboxylic acids is 1. The van der Waals surface area contributed by atoms with Crippen LogP contribution in [0.15, 0.2) is 18.2 Å². The van der Waals surface area contributed by atoms with E-state index in [1.807, 2.05) is 6.92 Å². The lowest BCUT2D eigenvalue weighted by Gasteiger charge is -2.10. The Morgan fingerprint density at radius 1 is 1.24 bits per heavy atom. The minimum atomic E-state index is -1.02. The normalized spacial score (nSPS) is 10.2. The van der Waals surface area contributed by atoms with Gasteiger partial charge in [-0.2, -0.15) is 0 Å². The minimum Gasteiger partial charge on any atom is -0.478 e. The third-order valence-corrected chi connectivity index (χ3v) is 3.04. The molecule has 0 aliphatic carbocycles. The molecule has 0 heterocycles. The van der Waals surface area contributed by atoms with Crippen LogP contribution in [0.5, 0.6) is 0 Å². The maximum absolute atomic E-state index is 11.7. The zero-order valence-corrected chi connectivity index (χ0v) is 12.4. The molecule has 0 aliphatic heterocycles. The first kappa shape index (κ1) is 17.0. The Kier molecular flexibility index (Phi) is 7.25. The fourth-order valence-corrected chi connectivity index (χ4v) is 1.81. The molecule has 0 unspecified atom stereocenters. The van der Waals surface area contributed by atoms with E-state index in [-0.39, 0.29) is 11.6 Å². The molecule has 3 N–H and O–H groups in total. The number of hydrogen-bond donors (Lipinski definition) is 3. The Balaban J connectivity index is 2.40. The number of anilines is 1. The summed E-state index contributed by atoms with van der Waals surface area (Å²) in [5.41, 5.74) is 1.47. The van der Waals surface area contributed by atoms with Gasteiger partial charge in [-0.15, -0.1) is 0 Å². The van der Waals surface area contributed by atoms with E-state index in [9.17, 15) is 9.59 Å². The van der Waals surface area contributed by atoms with Crippen LogP contribution in [-0.4, -0.2) is 37.4 Å². The molecule has 0 aromatic heterocycles. The van der Waals surface area contributed by atoms with Gasteiger partial charge < -0.3 is 20.5 Å². The summed E-state index contributed by atoms with van der Waals surface area (Å²) in [6, 6.07) is 4.31. The van der Waals surface area contributed by atoms with E-state index in [1.165, 1.54) is 12.1 Å². The van der Waals surface area contributed by atoms with Crippen LogP contribution in [0.4, 0.5) is 10.5 Å². The zero-order chi connectivity index (χ0) is 15.7. The number of methoxy groups -OCH3 is 1. The van der Waals surface area contributed by atoms with Crippen molar-refractivity contribution >= 4 is 17.7 Å². The highest BCUT2D eigenvalue weighted by atomic mass is 16.5. The average Bonchev–Trinajstić information content (AvgIpc) is 2.44. The summed E-state index contributed by atoms with van der Waals surface area (Å²) in [4.78, 5) is 22.6. The molecule has 1 aromatic carbocycles. The molecule has 0 bridgehead atoms. The molecule has 6 nitrogen and oxygen atoms in total. The quantitative estimate of drug-likeness (QED) is 0.643. The van der Waals surface area contributed by atoms with Crippen LogP contribution in [0, 0.1) is 6.92 Å². The molecule has 0 spiro atoms. The van der Waals surface area contributed by atoms with Crippen LogP contribution in [0.1, 0.15) is 35.2 Å². The minimum absolute atomic E-state index is 0.149. The van der Waals surface area contributed by atoms with Crippen molar-refractivity contribution in [2.24, 2.45) is 0 Å². The van der Waals surface area contributed by atoms with Gasteiger partial charge in [0.1, 0.15) is 0 Å². The smallest absolute Gasteiger partial charge is 0.335 e. The maximum atomic E-state index is 11.7. The number of urea groups is 1. The summed E-state index contributed by atoms with van der Waals surface area (Å²) in [6.45, 7) is 3.12. The molecule has 0 saturated carbocycles. The summed E-state index contributed by atoms with van der Waals surface area (Å²) in [5.74, 6) is -1.02. The topological polar surface area (TPSA) is 87.7 Å². The van der Waals surface area contributed by atoms with Gasteiger partial charge in [-0.3, -0.25) is 0 Å². The Morgan fingerprint density at radius 3 is 2.67 bits per heavy atom. The van der Waals surface area contributed by atoms with Crippen LogP contribution in [0.3, 0.4) is 0 Å². The van der Waals surface area contributed by atoms with Crippen LogP contribution in [0.2, 0.25) is 0 Å². The third-order valence-electron chi connectivity index (χ3n) is 3.04. The van der Waals surface area contributed by atoms with Gasteiger partial charge in [0.2, 0.25) is 0 Å². The number of nitrogens with one attached hydrogen (secondary N) is 2. The number of amides is 2. The summed E-state index contributed by atoms with van der Waals surface area (Å²) in [6.07, 6.45) is 2.84. The first-order chi connectivity index (χ1) is 10.0. The number of benzene rings is 1. The second-order valence-corrected chi connectivity index (χ2v) is 4.77. The Hall–Kier alpha value is -2.08. The van der Waals surface area contributed by atoms with Crippen LogP contribution >= 0.6 is 0 Å². The predicted octanol–water partition coefficient (Wildman–Crippen LogP) is 2.63. The van der Waals surface area contributed by atoms with E-state index in [0.29, 0.717) is 12.2 Å². The number of carbonyl (C=O) groups excluding carboxylic acids is 1. The summed E-state index contributed by atoms with van der Waals surface area (Å²) < 4.78 is 4.94. The first-order valence-electron chi connectivity index (χ1n) is 6.92. The molecule has 2 amide bonds. The van der Waals surface area contributed by atoms with Crippen molar-refractivity contribution in [1.82, 2.24) is 5.32 Å². The average molecular weight is 294 g/mol. The van der Waals surface area contributed by atoms with Crippen molar-refractivity contribution in [2.75, 3.05) is 25.6 Å². The second-order valence-electron chi connectivity index (χ2n) is 4.77. The van der Waals surface area contributed by atoms with Crippen molar-refractivity contribution in [3.8, 4) is 0 Å². The molecular weight excluding hydrogens is 272 g/mol. The Morgan fingerprint density at radius 2 is 2.00 bits per heavy atom. The lowest BCUT2D eigenvalue weighted by Crippen LogP contribution is -2.29. The number of carbonyl (C=O) groups is 2. The van der Waals surface area contributed by atoms with Crippen LogP contribution < -0.4 is 10.6 Å². The number of unbranched alkanes of at least 4 members (excludes halogenated alkanes) is 2. The van der Waals surface area contributed by atoms with Gasteiger partial charge in [0, 0.05) is 25.9 Å². The van der Waals surface area contributed by atoms with E-state index in [0.717, 1.165) is 31.4 Å². The highest BCUT2D eigenvalue weighted by Gasteiger charge is 2.08. The predicted molar refractivity (Wildman–Crippen MR) is 80.9 cm³/mol. The number of ether oxygens (including phenoxy) is 1. The highest BCUT2D eigenvalue weighted by Crippen LogP contribution is 2.16. The molecule has 0 atom stereocenters. The van der Waals surface area contributed by atoms with Crippen molar-refractivity contribution in [3.63, 3.8) is 0 Å². The monoisotopic (exact) mass is 294 g/mol. The van der Waals surface area contributed by atoms with E-state index in [4.69, 9.17) is 9.84 Å². The van der Waals surface area contributed by atoms with E-state index >= 15 is 0 Å². The summed E-state index contributed by atoms with van der Waals surface area (Å²) in [5, 5.41) is 14.4. The summed E-state index contributed by atoms with van der Waals surface area (Å²) >= 11 is 0. The number of rotatable bonds is 8. The molecule has 1 rings (SSSR count). The number of carboxylic acid groups (broad SMARTS) is 1. The lowest BCUT2D eigenvalue weighted by molar-refractivity contribution is 0.0697. The fourth-order valence-electron chi connectivity index (χ4n) is 1.81. The highest BCUT2D eigenvalue weighted by molar-refractivity contribution is 5.93. The largest absolute Gasteiger partial charge is 0.478 e. The molecule has 1 aromatic rings. The summed E-state index contributed by atoms with van der Waals surface area (Å²) in [7, 11) is 1.67. The molecule has 0 fully saturated rings. The van der Waals surface area contributed by atoms with E-state index in [2.05, 4.69) is 10.6 Å². The van der Waals surface area contributed by atoms with Gasteiger partial charge in [-0.1, -0.05) is 6.07 Å². The van der Waals surface area contributed by atoms with Gasteiger partial charge in [-0.05, 0) is 43.9 Å². The van der Waals surface area contributed by atoms with Crippen molar-refractivity contribution in [1.29, 1.82) is 0 Å². The van der Waals surface area contributed by atoms with Gasteiger partial charge in [0.15, 0.2) is 0 Å². The molecule has 6 heteroatoms. The second kappa shape index (κ2) is 8.97. The van der Waals surface area contributed by atoms with Gasteiger partial charge >= 0.3 is 12.0 Å². The molecule has 21 heavy (non-hydrogen) atoms. The Bertz CT molecular complexity index is 489. The van der Waals surface area contributed by atoms with E-state index < -0.39 is 5.97 Å². The van der Waals surface area contributed by atoms with E-state index in [1.54, 1.807) is 13.2 Å². The number of carboxylic acids is 1. The maximum Gasteiger partial charge on any atom is 0.335 e. The van der Waals surface area contributed by atoms with Crippen molar-refractivity contribution < 1.29 is 19.4 Å². The van der Waals surface area contributed by atoms with Gasteiger partial charge in [0.05, 0.1) is 5.56 Å². The molecule has 0 aliphatic rings. The number of hydrogen-bond acceptors (Lipinski definition) is 3. The van der Waals surface area contributed by atoms with Crippen molar-refractivity contribution in [2.45, 2.75) is 26.2 Å². The molecule has 0 saturated heterocycles. The van der Waals surface area contributed by atoms with Crippen LogP contribution in [0.25, 0.3) is 0 Å². The van der Waals surface area contributed by atoms with Gasteiger partial charge in [-0.25, -0.2) is 9.59 Å². The lowest BCUT2D eigenvalue weighted by atomic mass is 10.1. The van der Waals surface area contributed by atoms with Crippen molar-refractivity contribution in [3.05, 3.63) is 29.3 Å². The molecular formula is C15H22N2O4. The molecule has 116 valence electrons.